The van der Waals surface area contributed by atoms with Crippen LogP contribution >= 0.6 is 0 Å². The second kappa shape index (κ2) is 15.6. The topological polar surface area (TPSA) is 35.5 Å². The van der Waals surface area contributed by atoms with E-state index in [-0.39, 0.29) is 6.61 Å². The van der Waals surface area contributed by atoms with Crippen LogP contribution < -0.4 is 5.32 Å². The first kappa shape index (κ1) is 21.1. The molecule has 0 amide bonds. The average Bonchev–Trinajstić information content (AvgIpc) is 3.03. The Bertz CT molecular complexity index is 328. The fraction of sp³-hybridized carbons (Fsp3) is 0.810. The van der Waals surface area contributed by atoms with Gasteiger partial charge in [-0.1, -0.05) is 69.9 Å². The van der Waals surface area contributed by atoms with E-state index >= 15 is 0 Å². The number of rotatable bonds is 16. The highest BCUT2D eigenvalue weighted by atomic mass is 16.3. The monoisotopic (exact) mass is 336 g/mol. The van der Waals surface area contributed by atoms with Gasteiger partial charge in [0.1, 0.15) is 0 Å². The summed E-state index contributed by atoms with van der Waals surface area (Å²) < 4.78 is 0. The van der Waals surface area contributed by atoms with Crippen LogP contribution in [0.25, 0.3) is 0 Å². The summed E-state index contributed by atoms with van der Waals surface area (Å²) in [7, 11) is 0. The van der Waals surface area contributed by atoms with E-state index < -0.39 is 0 Å². The lowest BCUT2D eigenvalue weighted by atomic mass is 10.0. The van der Waals surface area contributed by atoms with Crippen molar-refractivity contribution in [2.75, 3.05) is 13.2 Å². The summed E-state index contributed by atoms with van der Waals surface area (Å²) in [6.07, 6.45) is 26.6. The summed E-state index contributed by atoms with van der Waals surface area (Å²) in [4.78, 5) is 2.21. The van der Waals surface area contributed by atoms with Crippen molar-refractivity contribution in [2.45, 2.75) is 96.6 Å². The smallest absolute Gasteiger partial charge is 0.0982 e. The molecule has 0 aromatic rings. The first-order valence-corrected chi connectivity index (χ1v) is 10.3. The van der Waals surface area contributed by atoms with Crippen LogP contribution in [0.1, 0.15) is 90.4 Å². The third-order valence-electron chi connectivity index (χ3n) is 4.90. The minimum absolute atomic E-state index is 0.234. The summed E-state index contributed by atoms with van der Waals surface area (Å²) in [5, 5.41) is 12.4. The molecular formula is C21H40N2O. The Morgan fingerprint density at radius 1 is 0.917 bits per heavy atom. The summed E-state index contributed by atoms with van der Waals surface area (Å²) in [5.74, 6) is 0. The zero-order valence-corrected chi connectivity index (χ0v) is 15.9. The van der Waals surface area contributed by atoms with Crippen molar-refractivity contribution in [3.63, 3.8) is 0 Å². The van der Waals surface area contributed by atoms with Gasteiger partial charge in [-0.25, -0.2) is 0 Å². The van der Waals surface area contributed by atoms with Crippen molar-refractivity contribution in [1.29, 1.82) is 0 Å². The molecule has 140 valence electrons. The number of aliphatic hydroxyl groups excluding tert-OH is 1. The van der Waals surface area contributed by atoms with Crippen molar-refractivity contribution in [1.82, 2.24) is 10.2 Å². The largest absolute Gasteiger partial charge is 0.395 e. The van der Waals surface area contributed by atoms with E-state index in [2.05, 4.69) is 35.5 Å². The van der Waals surface area contributed by atoms with Crippen LogP contribution in [0.2, 0.25) is 0 Å². The van der Waals surface area contributed by atoms with Crippen LogP contribution in [0, 0.1) is 0 Å². The number of hydrogen-bond acceptors (Lipinski definition) is 3. The van der Waals surface area contributed by atoms with Crippen molar-refractivity contribution >= 4 is 0 Å². The highest BCUT2D eigenvalue weighted by molar-refractivity contribution is 4.93. The predicted molar refractivity (Wildman–Crippen MR) is 105 cm³/mol. The Labute approximate surface area is 150 Å². The molecule has 1 rings (SSSR count). The molecule has 0 saturated heterocycles. The van der Waals surface area contributed by atoms with Crippen molar-refractivity contribution < 1.29 is 5.11 Å². The zero-order valence-electron chi connectivity index (χ0n) is 15.9. The molecule has 3 heteroatoms. The maximum absolute atomic E-state index is 9.03. The molecule has 1 heterocycles. The molecule has 2 N–H and O–H groups in total. The lowest BCUT2D eigenvalue weighted by Crippen LogP contribution is -2.36. The van der Waals surface area contributed by atoms with Crippen LogP contribution in [-0.4, -0.2) is 29.3 Å². The molecule has 1 aliphatic rings. The molecule has 0 fully saturated rings. The van der Waals surface area contributed by atoms with Crippen LogP contribution in [0.4, 0.5) is 0 Å². The molecule has 0 aromatic carbocycles. The van der Waals surface area contributed by atoms with Crippen LogP contribution in [-0.2, 0) is 0 Å². The van der Waals surface area contributed by atoms with Gasteiger partial charge in [0.2, 0.25) is 0 Å². The van der Waals surface area contributed by atoms with E-state index in [9.17, 15) is 0 Å². The van der Waals surface area contributed by atoms with Crippen molar-refractivity contribution in [3.05, 3.63) is 24.6 Å². The first-order valence-electron chi connectivity index (χ1n) is 10.3. The molecule has 0 aromatic heterocycles. The highest BCUT2D eigenvalue weighted by Crippen LogP contribution is 2.15. The number of nitrogens with zero attached hydrogens (tertiary/aromatic N) is 1. The number of unbranched alkanes of at least 4 members (excludes halogenated alkanes) is 11. The number of β-amino-alcohol motifs (C(OH)–C–C–N with tert-alkyl or cyclic N) is 1. The van der Waals surface area contributed by atoms with Gasteiger partial charge in [0, 0.05) is 18.9 Å². The Kier molecular flexibility index (Phi) is 13.7. The molecule has 1 unspecified atom stereocenters. The number of hydrogen-bond donors (Lipinski definition) is 2. The number of allylic oxidation sites excluding steroid dienone is 2. The maximum Gasteiger partial charge on any atom is 0.0982 e. The fourth-order valence-corrected chi connectivity index (χ4v) is 3.40. The lowest BCUT2D eigenvalue weighted by Gasteiger charge is -2.24. The summed E-state index contributed by atoms with van der Waals surface area (Å²) in [6.45, 7) is 3.08. The van der Waals surface area contributed by atoms with Gasteiger partial charge in [-0.3, -0.25) is 0 Å². The normalized spacial score (nSPS) is 17.1. The molecule has 1 aliphatic heterocycles. The van der Waals surface area contributed by atoms with Gasteiger partial charge in [0.05, 0.1) is 12.8 Å². The highest BCUT2D eigenvalue weighted by Gasteiger charge is 2.16. The van der Waals surface area contributed by atoms with E-state index in [0.29, 0.717) is 6.17 Å². The van der Waals surface area contributed by atoms with Crippen LogP contribution in [0.5, 0.6) is 0 Å². The van der Waals surface area contributed by atoms with Crippen LogP contribution in [0.15, 0.2) is 24.6 Å². The Balaban J connectivity index is 1.78. The minimum atomic E-state index is 0.234. The van der Waals surface area contributed by atoms with Gasteiger partial charge < -0.3 is 15.3 Å². The van der Waals surface area contributed by atoms with Gasteiger partial charge >= 0.3 is 0 Å². The Morgan fingerprint density at radius 2 is 1.50 bits per heavy atom. The van der Waals surface area contributed by atoms with Gasteiger partial charge in [0.15, 0.2) is 0 Å². The third kappa shape index (κ3) is 10.7. The summed E-state index contributed by atoms with van der Waals surface area (Å²) >= 11 is 0. The molecule has 24 heavy (non-hydrogen) atoms. The van der Waals surface area contributed by atoms with Crippen molar-refractivity contribution in [3.8, 4) is 0 Å². The molecule has 0 spiro atoms. The van der Waals surface area contributed by atoms with E-state index in [0.717, 1.165) is 6.54 Å². The zero-order chi connectivity index (χ0) is 17.3. The molecule has 0 saturated carbocycles. The maximum atomic E-state index is 9.03. The Morgan fingerprint density at radius 3 is 2.08 bits per heavy atom. The second-order valence-electron chi connectivity index (χ2n) is 7.00. The fourth-order valence-electron chi connectivity index (χ4n) is 3.40. The van der Waals surface area contributed by atoms with E-state index in [1.165, 1.54) is 83.5 Å². The molecule has 3 nitrogen and oxygen atoms in total. The standard InChI is InChI=1S/C21H40N2O/c1-2-3-4-5-6-7-8-9-10-11-12-13-14-15-16-21-22-17-18-23(21)19-20-24/h2-3,17-18,21-22,24H,4-16,19-20H2,1H3/b3-2+. The predicted octanol–water partition coefficient (Wildman–Crippen LogP) is 5.33. The third-order valence-corrected chi connectivity index (χ3v) is 4.90. The quantitative estimate of drug-likeness (QED) is 0.295. The van der Waals surface area contributed by atoms with E-state index in [4.69, 9.17) is 5.11 Å². The molecular weight excluding hydrogens is 296 g/mol. The van der Waals surface area contributed by atoms with Gasteiger partial charge in [-0.2, -0.15) is 0 Å². The van der Waals surface area contributed by atoms with E-state index in [1.807, 2.05) is 6.20 Å². The molecule has 0 bridgehead atoms. The molecule has 0 aliphatic carbocycles. The van der Waals surface area contributed by atoms with Gasteiger partial charge in [-0.15, -0.1) is 0 Å². The minimum Gasteiger partial charge on any atom is -0.395 e. The summed E-state index contributed by atoms with van der Waals surface area (Å²) in [5.41, 5.74) is 0. The summed E-state index contributed by atoms with van der Waals surface area (Å²) in [6, 6.07) is 0. The first-order chi connectivity index (χ1) is 11.9. The van der Waals surface area contributed by atoms with Crippen molar-refractivity contribution in [2.24, 2.45) is 0 Å². The second-order valence-corrected chi connectivity index (χ2v) is 7.00. The number of aliphatic hydroxyl groups is 1. The number of nitrogens with one attached hydrogen (secondary N) is 1. The SMILES string of the molecule is C/C=C/CCCCCCCCCCCCCC1NC=CN1CCO. The molecule has 0 radical (unpaired) electrons. The van der Waals surface area contributed by atoms with E-state index in [1.54, 1.807) is 0 Å². The van der Waals surface area contributed by atoms with Gasteiger partial charge in [0.25, 0.3) is 0 Å². The lowest BCUT2D eigenvalue weighted by molar-refractivity contribution is 0.194. The van der Waals surface area contributed by atoms with Crippen LogP contribution in [0.3, 0.4) is 0 Å². The molecule has 1 atom stereocenters. The Hall–Kier alpha value is -0.960. The average molecular weight is 337 g/mol. The van der Waals surface area contributed by atoms with Gasteiger partial charge in [-0.05, 0) is 32.6 Å².